The highest BCUT2D eigenvalue weighted by Crippen LogP contribution is 2.33. The van der Waals surface area contributed by atoms with E-state index >= 15 is 0 Å². The van der Waals surface area contributed by atoms with Gasteiger partial charge in [0.2, 0.25) is 5.91 Å². The Labute approximate surface area is 169 Å². The average Bonchev–Trinajstić information content (AvgIpc) is 3.40. The fourth-order valence-corrected chi connectivity index (χ4v) is 4.69. The van der Waals surface area contributed by atoms with Crippen molar-refractivity contribution in [3.8, 4) is 0 Å². The summed E-state index contributed by atoms with van der Waals surface area (Å²) in [5, 5.41) is 1.26. The monoisotopic (exact) mass is 391 g/mol. The van der Waals surface area contributed by atoms with E-state index in [1.807, 2.05) is 4.90 Å². The summed E-state index contributed by atoms with van der Waals surface area (Å²) in [5.74, 6) is 0.509. The number of nitrogens with one attached hydrogen (secondary N) is 1. The lowest BCUT2D eigenvalue weighted by atomic mass is 9.85. The molecule has 2 aromatic heterocycles. The van der Waals surface area contributed by atoms with Gasteiger partial charge in [-0.25, -0.2) is 0 Å². The summed E-state index contributed by atoms with van der Waals surface area (Å²) < 4.78 is 5.21. The Morgan fingerprint density at radius 1 is 1.10 bits per heavy atom. The molecule has 6 nitrogen and oxygen atoms in total. The minimum absolute atomic E-state index is 0.0225. The number of aryl methyl sites for hydroxylation is 2. The van der Waals surface area contributed by atoms with Crippen LogP contribution in [0.2, 0.25) is 0 Å². The second-order valence-electron chi connectivity index (χ2n) is 8.17. The minimum Gasteiger partial charge on any atom is -0.459 e. The standard InChI is InChI=1S/C23H25N3O3/c1-15-4-6-19-17(13-15)18-14-16(5-7-20(18)24-19)22(27)25-8-10-26(11-9-25)23(28)21-3-2-12-29-21/h2-4,6,12-13,16,24H,5,7-11,14H2,1H3. The van der Waals surface area contributed by atoms with Crippen molar-refractivity contribution in [3.63, 3.8) is 0 Å². The first kappa shape index (κ1) is 18.0. The summed E-state index contributed by atoms with van der Waals surface area (Å²) in [6.07, 6.45) is 4.10. The van der Waals surface area contributed by atoms with Gasteiger partial charge in [-0.2, -0.15) is 0 Å². The Morgan fingerprint density at radius 2 is 1.90 bits per heavy atom. The molecule has 1 saturated heterocycles. The summed E-state index contributed by atoms with van der Waals surface area (Å²) in [6.45, 7) is 4.38. The number of hydrogen-bond donors (Lipinski definition) is 1. The number of rotatable bonds is 2. The SMILES string of the molecule is Cc1ccc2[nH]c3c(c2c1)CC(C(=O)N1CCN(C(=O)c2ccco2)CC1)CC3. The maximum absolute atomic E-state index is 13.2. The quantitative estimate of drug-likeness (QED) is 0.730. The van der Waals surface area contributed by atoms with Gasteiger partial charge < -0.3 is 19.2 Å². The largest absolute Gasteiger partial charge is 0.459 e. The molecule has 2 aliphatic rings. The lowest BCUT2D eigenvalue weighted by Crippen LogP contribution is -2.52. The smallest absolute Gasteiger partial charge is 0.289 e. The zero-order valence-corrected chi connectivity index (χ0v) is 16.6. The highest BCUT2D eigenvalue weighted by atomic mass is 16.3. The van der Waals surface area contributed by atoms with E-state index in [1.165, 1.54) is 34.0 Å². The van der Waals surface area contributed by atoms with Crippen molar-refractivity contribution in [1.82, 2.24) is 14.8 Å². The lowest BCUT2D eigenvalue weighted by molar-refractivity contribution is -0.137. The number of aromatic amines is 1. The van der Waals surface area contributed by atoms with Crippen LogP contribution >= 0.6 is 0 Å². The van der Waals surface area contributed by atoms with Crippen molar-refractivity contribution in [3.05, 3.63) is 59.2 Å². The number of benzene rings is 1. The van der Waals surface area contributed by atoms with Crippen LogP contribution in [0.15, 0.2) is 41.0 Å². The van der Waals surface area contributed by atoms with Crippen LogP contribution in [-0.4, -0.2) is 52.8 Å². The van der Waals surface area contributed by atoms with E-state index < -0.39 is 0 Å². The molecular formula is C23H25N3O3. The van der Waals surface area contributed by atoms with E-state index in [0.29, 0.717) is 31.9 Å². The first-order valence-corrected chi connectivity index (χ1v) is 10.3. The Morgan fingerprint density at radius 3 is 2.66 bits per heavy atom. The van der Waals surface area contributed by atoms with Gasteiger partial charge in [-0.15, -0.1) is 0 Å². The second kappa shape index (κ2) is 7.10. The van der Waals surface area contributed by atoms with Crippen LogP contribution < -0.4 is 0 Å². The number of aromatic nitrogens is 1. The van der Waals surface area contributed by atoms with E-state index in [4.69, 9.17) is 4.42 Å². The Hall–Kier alpha value is -3.02. The zero-order valence-electron chi connectivity index (χ0n) is 16.6. The molecule has 150 valence electrons. The third-order valence-electron chi connectivity index (χ3n) is 6.30. The fraction of sp³-hybridized carbons (Fsp3) is 0.391. The maximum Gasteiger partial charge on any atom is 0.289 e. The van der Waals surface area contributed by atoms with Crippen LogP contribution in [0.4, 0.5) is 0 Å². The third kappa shape index (κ3) is 3.22. The van der Waals surface area contributed by atoms with E-state index in [-0.39, 0.29) is 17.7 Å². The number of nitrogens with zero attached hydrogens (tertiary/aromatic N) is 2. The van der Waals surface area contributed by atoms with Crippen molar-refractivity contribution in [2.24, 2.45) is 5.92 Å². The molecule has 5 rings (SSSR count). The molecule has 6 heteroatoms. The van der Waals surface area contributed by atoms with Gasteiger partial charge in [0, 0.05) is 48.7 Å². The third-order valence-corrected chi connectivity index (χ3v) is 6.30. The van der Waals surface area contributed by atoms with Crippen molar-refractivity contribution < 1.29 is 14.0 Å². The Bertz CT molecular complexity index is 1060. The van der Waals surface area contributed by atoms with Gasteiger partial charge in [-0.1, -0.05) is 11.6 Å². The molecule has 1 aliphatic carbocycles. The molecule has 1 fully saturated rings. The minimum atomic E-state index is -0.0985. The summed E-state index contributed by atoms with van der Waals surface area (Å²) in [4.78, 5) is 32.8. The topological polar surface area (TPSA) is 69.6 Å². The number of piperazine rings is 1. The highest BCUT2D eigenvalue weighted by molar-refractivity contribution is 5.92. The molecule has 0 radical (unpaired) electrons. The summed E-state index contributed by atoms with van der Waals surface area (Å²) in [5.41, 5.74) is 4.99. The molecule has 3 heterocycles. The fourth-order valence-electron chi connectivity index (χ4n) is 4.69. The van der Waals surface area contributed by atoms with E-state index in [1.54, 1.807) is 17.0 Å². The molecule has 2 amide bonds. The molecular weight excluding hydrogens is 366 g/mol. The molecule has 3 aromatic rings. The first-order valence-electron chi connectivity index (χ1n) is 10.3. The van der Waals surface area contributed by atoms with Gasteiger partial charge in [0.15, 0.2) is 5.76 Å². The molecule has 29 heavy (non-hydrogen) atoms. The molecule has 1 aliphatic heterocycles. The normalized spacial score (nSPS) is 19.4. The molecule has 1 aromatic carbocycles. The average molecular weight is 391 g/mol. The van der Waals surface area contributed by atoms with Crippen LogP contribution in [0.3, 0.4) is 0 Å². The second-order valence-corrected chi connectivity index (χ2v) is 8.17. The van der Waals surface area contributed by atoms with E-state index in [2.05, 4.69) is 30.1 Å². The van der Waals surface area contributed by atoms with Crippen molar-refractivity contribution in [2.45, 2.75) is 26.2 Å². The number of carbonyl (C=O) groups excluding carboxylic acids is 2. The number of furan rings is 1. The summed E-state index contributed by atoms with van der Waals surface area (Å²) >= 11 is 0. The highest BCUT2D eigenvalue weighted by Gasteiger charge is 2.33. The Balaban J connectivity index is 1.26. The van der Waals surface area contributed by atoms with Crippen LogP contribution in [0.1, 0.15) is 33.8 Å². The van der Waals surface area contributed by atoms with Crippen LogP contribution in [0.25, 0.3) is 10.9 Å². The first-order chi connectivity index (χ1) is 14.1. The number of amides is 2. The van der Waals surface area contributed by atoms with Gasteiger partial charge in [0.25, 0.3) is 5.91 Å². The van der Waals surface area contributed by atoms with Gasteiger partial charge >= 0.3 is 0 Å². The molecule has 0 saturated carbocycles. The lowest BCUT2D eigenvalue weighted by Gasteiger charge is -2.36. The van der Waals surface area contributed by atoms with Gasteiger partial charge in [0.1, 0.15) is 0 Å². The van der Waals surface area contributed by atoms with Gasteiger partial charge in [-0.05, 0) is 56.0 Å². The predicted molar refractivity (Wildman–Crippen MR) is 110 cm³/mol. The van der Waals surface area contributed by atoms with Crippen LogP contribution in [0.5, 0.6) is 0 Å². The number of hydrogen-bond acceptors (Lipinski definition) is 3. The molecule has 1 N–H and O–H groups in total. The molecule has 0 bridgehead atoms. The van der Waals surface area contributed by atoms with E-state index in [9.17, 15) is 9.59 Å². The molecule has 1 unspecified atom stereocenters. The molecule has 1 atom stereocenters. The zero-order chi connectivity index (χ0) is 20.0. The van der Waals surface area contributed by atoms with Crippen molar-refractivity contribution in [2.75, 3.05) is 26.2 Å². The summed E-state index contributed by atoms with van der Waals surface area (Å²) in [6, 6.07) is 9.88. The van der Waals surface area contributed by atoms with Crippen molar-refractivity contribution in [1.29, 1.82) is 0 Å². The molecule has 0 spiro atoms. The number of fused-ring (bicyclic) bond motifs is 3. The van der Waals surface area contributed by atoms with Crippen LogP contribution in [-0.2, 0) is 17.6 Å². The van der Waals surface area contributed by atoms with Crippen molar-refractivity contribution >= 4 is 22.7 Å². The maximum atomic E-state index is 13.2. The van der Waals surface area contributed by atoms with Gasteiger partial charge in [0.05, 0.1) is 6.26 Å². The van der Waals surface area contributed by atoms with Gasteiger partial charge in [-0.3, -0.25) is 9.59 Å². The van der Waals surface area contributed by atoms with Crippen LogP contribution in [0, 0.1) is 12.8 Å². The summed E-state index contributed by atoms with van der Waals surface area (Å²) in [7, 11) is 0. The number of carbonyl (C=O) groups is 2. The Kier molecular flexibility index (Phi) is 4.42. The number of H-pyrrole nitrogens is 1. The van der Waals surface area contributed by atoms with E-state index in [0.717, 1.165) is 19.3 Å². The predicted octanol–water partition coefficient (Wildman–Crippen LogP) is 3.16.